The Balaban J connectivity index is 2.34. The minimum absolute atomic E-state index is 0.0301. The smallest absolute Gasteiger partial charge is 0.283 e. The first-order valence-electron chi connectivity index (χ1n) is 5.30. The second-order valence-corrected chi connectivity index (χ2v) is 4.66. The molecule has 1 aromatic heterocycles. The fourth-order valence-electron chi connectivity index (χ4n) is 1.43. The van der Waals surface area contributed by atoms with Crippen LogP contribution in [0.4, 0.5) is 5.69 Å². The normalized spacial score (nSPS) is 10.1. The van der Waals surface area contributed by atoms with E-state index in [1.54, 1.807) is 36.4 Å². The fourth-order valence-corrected chi connectivity index (χ4v) is 2.34. The molecule has 96 valence electrons. The molecule has 0 radical (unpaired) electrons. The largest absolute Gasteiger partial charge is 0.382 e. The Morgan fingerprint density at radius 1 is 1.26 bits per heavy atom. The van der Waals surface area contributed by atoms with E-state index in [0.717, 1.165) is 0 Å². The third-order valence-corrected chi connectivity index (χ3v) is 3.28. The van der Waals surface area contributed by atoms with Gasteiger partial charge in [-0.3, -0.25) is 15.5 Å². The summed E-state index contributed by atoms with van der Waals surface area (Å²) in [6, 6.07) is 11.5. The van der Waals surface area contributed by atoms with E-state index in [1.807, 2.05) is 0 Å². The van der Waals surface area contributed by atoms with E-state index >= 15 is 0 Å². The molecule has 1 aromatic carbocycles. The number of para-hydroxylation sites is 1. The van der Waals surface area contributed by atoms with Gasteiger partial charge in [-0.05, 0) is 18.2 Å². The van der Waals surface area contributed by atoms with Crippen LogP contribution in [0.3, 0.4) is 0 Å². The minimum Gasteiger partial charge on any atom is -0.382 e. The van der Waals surface area contributed by atoms with Crippen molar-refractivity contribution in [3.63, 3.8) is 0 Å². The number of pyridine rings is 1. The number of nitro groups is 1. The Hall–Kier alpha value is -2.41. The van der Waals surface area contributed by atoms with Crippen LogP contribution in [0.2, 0.25) is 0 Å². The summed E-state index contributed by atoms with van der Waals surface area (Å²) in [7, 11) is 0. The van der Waals surface area contributed by atoms with Crippen molar-refractivity contribution in [2.45, 2.75) is 9.92 Å². The van der Waals surface area contributed by atoms with E-state index in [4.69, 9.17) is 11.1 Å². The number of nitrogen functional groups attached to an aromatic ring is 1. The second-order valence-electron chi connectivity index (χ2n) is 3.60. The first-order chi connectivity index (χ1) is 9.08. The van der Waals surface area contributed by atoms with Crippen LogP contribution in [0.15, 0.2) is 52.4 Å². The van der Waals surface area contributed by atoms with Gasteiger partial charge in [0.05, 0.1) is 9.82 Å². The lowest BCUT2D eigenvalue weighted by Crippen LogP contribution is -2.12. The molecule has 0 saturated heterocycles. The Morgan fingerprint density at radius 2 is 2.00 bits per heavy atom. The van der Waals surface area contributed by atoms with Gasteiger partial charge >= 0.3 is 0 Å². The summed E-state index contributed by atoms with van der Waals surface area (Å²) in [4.78, 5) is 15.1. The van der Waals surface area contributed by atoms with Gasteiger partial charge in [0.2, 0.25) is 0 Å². The van der Waals surface area contributed by atoms with Gasteiger partial charge < -0.3 is 5.73 Å². The summed E-state index contributed by atoms with van der Waals surface area (Å²) in [6.07, 6.45) is 0. The molecule has 0 atom stereocenters. The number of hydrogen-bond acceptors (Lipinski definition) is 5. The third kappa shape index (κ3) is 3.08. The molecular formula is C12H10N4O2S. The van der Waals surface area contributed by atoms with Crippen molar-refractivity contribution < 1.29 is 4.92 Å². The average molecular weight is 274 g/mol. The highest BCUT2D eigenvalue weighted by Gasteiger charge is 2.14. The van der Waals surface area contributed by atoms with Gasteiger partial charge in [-0.1, -0.05) is 30.0 Å². The predicted molar refractivity (Wildman–Crippen MR) is 72.5 cm³/mol. The maximum absolute atomic E-state index is 10.9. The van der Waals surface area contributed by atoms with Gasteiger partial charge in [0, 0.05) is 6.07 Å². The minimum atomic E-state index is -0.433. The molecule has 0 fully saturated rings. The molecule has 2 aromatic rings. The highest BCUT2D eigenvalue weighted by molar-refractivity contribution is 7.99. The maximum atomic E-state index is 10.9. The number of hydrogen-bond donors (Lipinski definition) is 2. The highest BCUT2D eigenvalue weighted by Crippen LogP contribution is 2.33. The van der Waals surface area contributed by atoms with E-state index in [-0.39, 0.29) is 11.5 Å². The van der Waals surface area contributed by atoms with Crippen molar-refractivity contribution in [1.82, 2.24) is 4.98 Å². The van der Waals surface area contributed by atoms with E-state index in [9.17, 15) is 10.1 Å². The lowest BCUT2D eigenvalue weighted by Gasteiger charge is -2.03. The van der Waals surface area contributed by atoms with Crippen LogP contribution in [-0.2, 0) is 0 Å². The topological polar surface area (TPSA) is 106 Å². The number of nitrogens with one attached hydrogen (secondary N) is 1. The SMILES string of the molecule is N=C(N)c1cccc(Sc2ccccc2[N+](=O)[O-])n1. The maximum Gasteiger partial charge on any atom is 0.283 e. The molecule has 0 saturated carbocycles. The molecule has 19 heavy (non-hydrogen) atoms. The van der Waals surface area contributed by atoms with Crippen LogP contribution in [0.1, 0.15) is 5.69 Å². The Kier molecular flexibility index (Phi) is 3.76. The van der Waals surface area contributed by atoms with Gasteiger partial charge in [0.15, 0.2) is 0 Å². The summed E-state index contributed by atoms with van der Waals surface area (Å²) in [5.41, 5.74) is 5.74. The van der Waals surface area contributed by atoms with Crippen LogP contribution in [0.5, 0.6) is 0 Å². The number of aromatic nitrogens is 1. The van der Waals surface area contributed by atoms with Crippen molar-refractivity contribution in [1.29, 1.82) is 5.41 Å². The van der Waals surface area contributed by atoms with Crippen molar-refractivity contribution in [2.24, 2.45) is 5.73 Å². The van der Waals surface area contributed by atoms with Gasteiger partial charge in [0.1, 0.15) is 16.6 Å². The number of rotatable bonds is 4. The molecule has 1 heterocycles. The van der Waals surface area contributed by atoms with Crippen molar-refractivity contribution in [3.8, 4) is 0 Å². The van der Waals surface area contributed by atoms with Crippen molar-refractivity contribution in [2.75, 3.05) is 0 Å². The molecule has 6 nitrogen and oxygen atoms in total. The Bertz CT molecular complexity index is 645. The molecule has 0 amide bonds. The molecular weight excluding hydrogens is 264 g/mol. The molecule has 0 bridgehead atoms. The molecule has 2 rings (SSSR count). The zero-order valence-electron chi connectivity index (χ0n) is 9.74. The molecule has 0 aliphatic carbocycles. The molecule has 0 spiro atoms. The van der Waals surface area contributed by atoms with Crippen LogP contribution >= 0.6 is 11.8 Å². The van der Waals surface area contributed by atoms with Crippen LogP contribution in [-0.4, -0.2) is 15.7 Å². The molecule has 0 aliphatic rings. The summed E-state index contributed by atoms with van der Waals surface area (Å²) >= 11 is 1.17. The number of nitro benzene ring substituents is 1. The predicted octanol–water partition coefficient (Wildman–Crippen LogP) is 2.43. The molecule has 0 aliphatic heterocycles. The van der Waals surface area contributed by atoms with Crippen LogP contribution in [0.25, 0.3) is 0 Å². The number of nitrogens with two attached hydrogens (primary N) is 1. The Morgan fingerprint density at radius 3 is 2.68 bits per heavy atom. The van der Waals surface area contributed by atoms with Crippen molar-refractivity contribution in [3.05, 3.63) is 58.3 Å². The van der Waals surface area contributed by atoms with E-state index < -0.39 is 4.92 Å². The zero-order chi connectivity index (χ0) is 13.8. The summed E-state index contributed by atoms with van der Waals surface area (Å²) in [5.74, 6) is -0.134. The number of amidine groups is 1. The first kappa shape index (κ1) is 13.0. The molecule has 7 heteroatoms. The first-order valence-corrected chi connectivity index (χ1v) is 6.12. The monoisotopic (exact) mass is 274 g/mol. The zero-order valence-corrected chi connectivity index (χ0v) is 10.6. The number of nitrogens with zero attached hydrogens (tertiary/aromatic N) is 2. The summed E-state index contributed by atoms with van der Waals surface area (Å²) in [5, 5.41) is 18.8. The summed E-state index contributed by atoms with van der Waals surface area (Å²) in [6.45, 7) is 0. The molecule has 0 unspecified atom stereocenters. The summed E-state index contributed by atoms with van der Waals surface area (Å²) < 4.78 is 0. The van der Waals surface area contributed by atoms with E-state index in [1.165, 1.54) is 17.8 Å². The lowest BCUT2D eigenvalue weighted by atomic mass is 10.3. The van der Waals surface area contributed by atoms with E-state index in [2.05, 4.69) is 4.98 Å². The number of benzene rings is 1. The average Bonchev–Trinajstić information content (AvgIpc) is 2.39. The lowest BCUT2D eigenvalue weighted by molar-refractivity contribution is -0.387. The van der Waals surface area contributed by atoms with Gasteiger partial charge in [-0.2, -0.15) is 0 Å². The van der Waals surface area contributed by atoms with Gasteiger partial charge in [-0.25, -0.2) is 4.98 Å². The highest BCUT2D eigenvalue weighted by atomic mass is 32.2. The third-order valence-electron chi connectivity index (χ3n) is 2.28. The molecule has 3 N–H and O–H groups in total. The second kappa shape index (κ2) is 5.49. The van der Waals surface area contributed by atoms with Crippen LogP contribution < -0.4 is 5.73 Å². The van der Waals surface area contributed by atoms with E-state index in [0.29, 0.717) is 15.6 Å². The fraction of sp³-hybridized carbons (Fsp3) is 0. The van der Waals surface area contributed by atoms with Gasteiger partial charge in [0.25, 0.3) is 5.69 Å². The van der Waals surface area contributed by atoms with Crippen LogP contribution in [0, 0.1) is 15.5 Å². The van der Waals surface area contributed by atoms with Gasteiger partial charge in [-0.15, -0.1) is 0 Å². The standard InChI is InChI=1S/C12H10N4O2S/c13-12(14)8-4-3-7-11(15-8)19-10-6-2-1-5-9(10)16(17)18/h1-7H,(H3,13,14). The quantitative estimate of drug-likeness (QED) is 0.385. The van der Waals surface area contributed by atoms with Crippen molar-refractivity contribution >= 4 is 23.3 Å². The Labute approximate surface area is 113 Å².